The summed E-state index contributed by atoms with van der Waals surface area (Å²) in [7, 11) is 0. The van der Waals surface area contributed by atoms with Crippen molar-refractivity contribution >= 4 is 17.5 Å². The molecule has 78 valence electrons. The number of benzene rings is 1. The number of halogens is 2. The normalized spacial score (nSPS) is 10.5. The van der Waals surface area contributed by atoms with Crippen molar-refractivity contribution in [3.8, 4) is 0 Å². The summed E-state index contributed by atoms with van der Waals surface area (Å²) in [5.74, 6) is 0.00456. The summed E-state index contributed by atoms with van der Waals surface area (Å²) in [5.41, 5.74) is 6.00. The Hall–Kier alpha value is -1.55. The molecule has 0 aliphatic carbocycles. The Morgan fingerprint density at radius 3 is 2.87 bits per heavy atom. The number of aromatic nitrogens is 2. The van der Waals surface area contributed by atoms with Gasteiger partial charge in [0.25, 0.3) is 0 Å². The van der Waals surface area contributed by atoms with E-state index >= 15 is 0 Å². The Morgan fingerprint density at radius 1 is 1.47 bits per heavy atom. The lowest BCUT2D eigenvalue weighted by molar-refractivity contribution is 0.601. The van der Waals surface area contributed by atoms with E-state index in [4.69, 9.17) is 17.3 Å². The smallest absolute Gasteiger partial charge is 0.200 e. The summed E-state index contributed by atoms with van der Waals surface area (Å²) in [6.45, 7) is 0.289. The zero-order valence-electron chi connectivity index (χ0n) is 7.82. The first-order chi connectivity index (χ1) is 7.18. The van der Waals surface area contributed by atoms with Crippen LogP contribution >= 0.6 is 11.6 Å². The van der Waals surface area contributed by atoms with E-state index in [1.165, 1.54) is 6.07 Å². The van der Waals surface area contributed by atoms with Crippen LogP contribution in [0.25, 0.3) is 0 Å². The second-order valence-corrected chi connectivity index (χ2v) is 3.52. The Balaban J connectivity index is 2.36. The van der Waals surface area contributed by atoms with Crippen LogP contribution in [0.4, 0.5) is 10.3 Å². The van der Waals surface area contributed by atoms with Crippen LogP contribution in [0, 0.1) is 5.82 Å². The number of rotatable bonds is 2. The van der Waals surface area contributed by atoms with Gasteiger partial charge in [0.2, 0.25) is 0 Å². The summed E-state index contributed by atoms with van der Waals surface area (Å²) < 4.78 is 15.0. The highest BCUT2D eigenvalue weighted by atomic mass is 35.5. The fourth-order valence-electron chi connectivity index (χ4n) is 1.33. The first kappa shape index (κ1) is 9.98. The highest BCUT2D eigenvalue weighted by molar-refractivity contribution is 6.31. The molecule has 2 N–H and O–H groups in total. The van der Waals surface area contributed by atoms with Crippen LogP contribution in [0.2, 0.25) is 5.02 Å². The van der Waals surface area contributed by atoms with Gasteiger partial charge in [-0.15, -0.1) is 0 Å². The molecule has 0 bridgehead atoms. The van der Waals surface area contributed by atoms with Crippen LogP contribution in [0.5, 0.6) is 0 Å². The van der Waals surface area contributed by atoms with Gasteiger partial charge < -0.3 is 10.3 Å². The molecule has 15 heavy (non-hydrogen) atoms. The average molecular weight is 226 g/mol. The molecule has 2 aromatic rings. The molecule has 0 atom stereocenters. The fourth-order valence-corrected chi connectivity index (χ4v) is 1.55. The Kier molecular flexibility index (Phi) is 2.60. The molecule has 3 nitrogen and oxygen atoms in total. The molecule has 1 heterocycles. The largest absolute Gasteiger partial charge is 0.369 e. The van der Waals surface area contributed by atoms with Crippen LogP contribution < -0.4 is 5.73 Å². The van der Waals surface area contributed by atoms with Gasteiger partial charge in [0, 0.05) is 23.0 Å². The quantitative estimate of drug-likeness (QED) is 0.853. The van der Waals surface area contributed by atoms with Gasteiger partial charge in [-0.1, -0.05) is 17.7 Å². The molecule has 0 amide bonds. The Morgan fingerprint density at radius 2 is 2.27 bits per heavy atom. The maximum absolute atomic E-state index is 13.4. The molecule has 0 fully saturated rings. The standard InChI is InChI=1S/C10H9ClFN3/c11-8-2-1-3-9(12)7(8)6-15-5-4-14-10(15)13/h1-5H,6H2,(H2,13,14). The minimum atomic E-state index is -0.337. The maximum Gasteiger partial charge on any atom is 0.200 e. The number of anilines is 1. The van der Waals surface area contributed by atoms with Gasteiger partial charge in [-0.05, 0) is 12.1 Å². The molecule has 0 unspecified atom stereocenters. The SMILES string of the molecule is Nc1nccn1Cc1c(F)cccc1Cl. The van der Waals surface area contributed by atoms with Gasteiger partial charge >= 0.3 is 0 Å². The average Bonchev–Trinajstić information content (AvgIpc) is 2.58. The van der Waals surface area contributed by atoms with Crippen molar-refractivity contribution in [3.63, 3.8) is 0 Å². The molecule has 1 aromatic carbocycles. The molecule has 0 aliphatic heterocycles. The lowest BCUT2D eigenvalue weighted by Gasteiger charge is -2.07. The molecule has 0 aliphatic rings. The number of nitrogens with zero attached hydrogens (tertiary/aromatic N) is 2. The fraction of sp³-hybridized carbons (Fsp3) is 0.100. The van der Waals surface area contributed by atoms with E-state index in [-0.39, 0.29) is 12.4 Å². The number of hydrogen-bond donors (Lipinski definition) is 1. The topological polar surface area (TPSA) is 43.8 Å². The van der Waals surface area contributed by atoms with E-state index < -0.39 is 0 Å². The first-order valence-corrected chi connectivity index (χ1v) is 4.76. The third-order valence-corrected chi connectivity index (χ3v) is 2.49. The molecule has 0 saturated carbocycles. The molecule has 0 spiro atoms. The zero-order valence-corrected chi connectivity index (χ0v) is 8.58. The highest BCUT2D eigenvalue weighted by Crippen LogP contribution is 2.20. The lowest BCUT2D eigenvalue weighted by atomic mass is 10.2. The number of nitrogen functional groups attached to an aromatic ring is 1. The number of imidazole rings is 1. The van der Waals surface area contributed by atoms with Crippen molar-refractivity contribution < 1.29 is 4.39 Å². The van der Waals surface area contributed by atoms with Gasteiger partial charge in [-0.2, -0.15) is 0 Å². The summed E-state index contributed by atoms with van der Waals surface area (Å²) in [5, 5.41) is 0.392. The van der Waals surface area contributed by atoms with Crippen molar-refractivity contribution in [3.05, 3.63) is 47.0 Å². The lowest BCUT2D eigenvalue weighted by Crippen LogP contribution is -2.05. The van der Waals surface area contributed by atoms with E-state index in [0.717, 1.165) is 0 Å². The van der Waals surface area contributed by atoms with E-state index in [1.54, 1.807) is 29.1 Å². The molecule has 2 rings (SSSR count). The first-order valence-electron chi connectivity index (χ1n) is 4.38. The molecule has 5 heteroatoms. The maximum atomic E-state index is 13.4. The Bertz CT molecular complexity index is 461. The zero-order chi connectivity index (χ0) is 10.8. The third kappa shape index (κ3) is 1.94. The Labute approximate surface area is 91.3 Å². The van der Waals surface area contributed by atoms with Crippen LogP contribution in [-0.2, 0) is 6.54 Å². The van der Waals surface area contributed by atoms with Crippen LogP contribution in [0.3, 0.4) is 0 Å². The van der Waals surface area contributed by atoms with Crippen LogP contribution in [0.1, 0.15) is 5.56 Å². The molecular formula is C10H9ClFN3. The van der Waals surface area contributed by atoms with Gasteiger partial charge in [-0.25, -0.2) is 9.37 Å². The summed E-state index contributed by atoms with van der Waals surface area (Å²) in [6, 6.07) is 4.58. The molecule has 1 aromatic heterocycles. The van der Waals surface area contributed by atoms with Crippen molar-refractivity contribution in [1.82, 2.24) is 9.55 Å². The van der Waals surface area contributed by atoms with E-state index in [1.807, 2.05) is 0 Å². The minimum absolute atomic E-state index is 0.289. The van der Waals surface area contributed by atoms with Gasteiger partial charge in [-0.3, -0.25) is 0 Å². The minimum Gasteiger partial charge on any atom is -0.369 e. The molecule has 0 saturated heterocycles. The molecule has 0 radical (unpaired) electrons. The van der Waals surface area contributed by atoms with E-state index in [0.29, 0.717) is 16.5 Å². The van der Waals surface area contributed by atoms with Crippen molar-refractivity contribution in [2.45, 2.75) is 6.54 Å². The highest BCUT2D eigenvalue weighted by Gasteiger charge is 2.08. The van der Waals surface area contributed by atoms with E-state index in [2.05, 4.69) is 4.98 Å². The third-order valence-electron chi connectivity index (χ3n) is 2.14. The van der Waals surface area contributed by atoms with Crippen LogP contribution in [-0.4, -0.2) is 9.55 Å². The predicted molar refractivity (Wildman–Crippen MR) is 57.2 cm³/mol. The summed E-state index contributed by atoms with van der Waals surface area (Å²) in [4.78, 5) is 3.85. The molecular weight excluding hydrogens is 217 g/mol. The summed E-state index contributed by atoms with van der Waals surface area (Å²) in [6.07, 6.45) is 3.24. The van der Waals surface area contributed by atoms with Crippen LogP contribution in [0.15, 0.2) is 30.6 Å². The van der Waals surface area contributed by atoms with Gasteiger partial charge in [0.1, 0.15) is 5.82 Å². The monoisotopic (exact) mass is 225 g/mol. The summed E-state index contributed by atoms with van der Waals surface area (Å²) >= 11 is 5.88. The second kappa shape index (κ2) is 3.90. The van der Waals surface area contributed by atoms with E-state index in [9.17, 15) is 4.39 Å². The van der Waals surface area contributed by atoms with Crippen molar-refractivity contribution in [2.24, 2.45) is 0 Å². The predicted octanol–water partition coefficient (Wildman–Crippen LogP) is 2.31. The van der Waals surface area contributed by atoms with Gasteiger partial charge in [0.15, 0.2) is 5.95 Å². The van der Waals surface area contributed by atoms with Gasteiger partial charge in [0.05, 0.1) is 6.54 Å². The number of hydrogen-bond acceptors (Lipinski definition) is 2. The van der Waals surface area contributed by atoms with Crippen molar-refractivity contribution in [1.29, 1.82) is 0 Å². The number of nitrogens with two attached hydrogens (primary N) is 1. The van der Waals surface area contributed by atoms with Crippen molar-refractivity contribution in [2.75, 3.05) is 5.73 Å². The second-order valence-electron chi connectivity index (χ2n) is 3.11.